The second-order valence-corrected chi connectivity index (χ2v) is 7.99. The zero-order valence-corrected chi connectivity index (χ0v) is 17.3. The van der Waals surface area contributed by atoms with Gasteiger partial charge in [-0.25, -0.2) is 4.90 Å². The molecule has 2 atom stereocenters. The Morgan fingerprint density at radius 1 is 0.897 bits per heavy atom. The van der Waals surface area contributed by atoms with E-state index in [4.69, 9.17) is 4.74 Å². The molecule has 2 heterocycles. The monoisotopic (exact) mass is 390 g/mol. The summed E-state index contributed by atoms with van der Waals surface area (Å²) in [5, 5.41) is 0. The number of carbonyl (C=O) groups is 2. The summed E-state index contributed by atoms with van der Waals surface area (Å²) in [6.07, 6.45) is -0.0253. The van der Waals surface area contributed by atoms with Crippen LogP contribution in [0.4, 0.5) is 5.69 Å². The maximum Gasteiger partial charge on any atom is 0.282 e. The van der Waals surface area contributed by atoms with Crippen molar-refractivity contribution in [3.63, 3.8) is 0 Å². The van der Waals surface area contributed by atoms with Crippen LogP contribution in [0, 0.1) is 13.8 Å². The van der Waals surface area contributed by atoms with Gasteiger partial charge in [-0.2, -0.15) is 0 Å². The van der Waals surface area contributed by atoms with Crippen molar-refractivity contribution in [2.45, 2.75) is 39.9 Å². The first-order valence-corrected chi connectivity index (χ1v) is 10.0. The van der Waals surface area contributed by atoms with Gasteiger partial charge in [-0.05, 0) is 44.9 Å². The molecule has 0 bridgehead atoms. The van der Waals surface area contributed by atoms with Crippen LogP contribution < -0.4 is 4.90 Å². The lowest BCUT2D eigenvalue weighted by Crippen LogP contribution is -2.47. The Bertz CT molecular complexity index is 986. The second-order valence-electron chi connectivity index (χ2n) is 7.99. The van der Waals surface area contributed by atoms with Gasteiger partial charge in [0.1, 0.15) is 5.70 Å². The summed E-state index contributed by atoms with van der Waals surface area (Å²) in [6, 6.07) is 15.3. The highest BCUT2D eigenvalue weighted by Crippen LogP contribution is 2.37. The number of imide groups is 1. The lowest BCUT2D eigenvalue weighted by Gasteiger charge is -2.37. The van der Waals surface area contributed by atoms with Gasteiger partial charge in [0.2, 0.25) is 0 Å². The largest absolute Gasteiger partial charge is 0.372 e. The minimum absolute atomic E-state index is 0.0127. The Balaban J connectivity index is 1.84. The number of ether oxygens (including phenoxy) is 1. The molecule has 0 radical (unpaired) electrons. The molecule has 2 amide bonds. The van der Waals surface area contributed by atoms with E-state index in [9.17, 15) is 9.59 Å². The predicted molar refractivity (Wildman–Crippen MR) is 113 cm³/mol. The summed E-state index contributed by atoms with van der Waals surface area (Å²) < 4.78 is 5.85. The molecular formula is C24H26N2O3. The predicted octanol–water partition coefficient (Wildman–Crippen LogP) is 3.70. The highest BCUT2D eigenvalue weighted by molar-refractivity contribution is 6.45. The van der Waals surface area contributed by atoms with Crippen LogP contribution in [0.15, 0.2) is 54.2 Å². The van der Waals surface area contributed by atoms with Gasteiger partial charge in [-0.1, -0.05) is 48.0 Å². The van der Waals surface area contributed by atoms with Crippen molar-refractivity contribution in [1.29, 1.82) is 0 Å². The van der Waals surface area contributed by atoms with E-state index in [1.54, 1.807) is 0 Å². The number of rotatable bonds is 3. The van der Waals surface area contributed by atoms with E-state index in [0.29, 0.717) is 30.0 Å². The zero-order valence-electron chi connectivity index (χ0n) is 17.3. The van der Waals surface area contributed by atoms with Crippen LogP contribution in [0.1, 0.15) is 30.5 Å². The van der Waals surface area contributed by atoms with Crippen LogP contribution in [0.2, 0.25) is 0 Å². The van der Waals surface area contributed by atoms with Crippen molar-refractivity contribution in [1.82, 2.24) is 4.90 Å². The third-order valence-electron chi connectivity index (χ3n) is 5.45. The molecule has 2 aromatic carbocycles. The topological polar surface area (TPSA) is 49.9 Å². The number of hydrogen-bond donors (Lipinski definition) is 0. The number of hydrogen-bond acceptors (Lipinski definition) is 4. The number of benzene rings is 2. The van der Waals surface area contributed by atoms with E-state index >= 15 is 0 Å². The first-order chi connectivity index (χ1) is 13.9. The first kappa shape index (κ1) is 19.4. The number of anilines is 1. The van der Waals surface area contributed by atoms with E-state index < -0.39 is 0 Å². The summed E-state index contributed by atoms with van der Waals surface area (Å²) in [6.45, 7) is 9.08. The molecule has 29 heavy (non-hydrogen) atoms. The van der Waals surface area contributed by atoms with E-state index in [2.05, 4.69) is 0 Å². The Hall–Kier alpha value is -2.92. The maximum absolute atomic E-state index is 13.6. The molecule has 0 spiro atoms. The normalized spacial score (nSPS) is 22.6. The number of carbonyl (C=O) groups excluding carboxylic acids is 2. The molecule has 2 aromatic rings. The molecule has 0 aromatic heterocycles. The molecular weight excluding hydrogens is 364 g/mol. The molecule has 1 saturated heterocycles. The SMILES string of the molecule is Cc1ccc(N2C(=O)C(c3ccccc3)=C(N3CC(C)OC(C)C3)C2=O)c(C)c1. The van der Waals surface area contributed by atoms with Crippen molar-refractivity contribution in [2.75, 3.05) is 18.0 Å². The van der Waals surface area contributed by atoms with Gasteiger partial charge in [-0.3, -0.25) is 9.59 Å². The molecule has 0 aliphatic carbocycles. The first-order valence-electron chi connectivity index (χ1n) is 10.0. The van der Waals surface area contributed by atoms with Crippen molar-refractivity contribution >= 4 is 23.1 Å². The van der Waals surface area contributed by atoms with E-state index in [1.807, 2.05) is 81.1 Å². The van der Waals surface area contributed by atoms with Gasteiger partial charge in [0, 0.05) is 13.1 Å². The van der Waals surface area contributed by atoms with Gasteiger partial charge in [0.25, 0.3) is 11.8 Å². The highest BCUT2D eigenvalue weighted by Gasteiger charge is 2.44. The number of morpholine rings is 1. The smallest absolute Gasteiger partial charge is 0.282 e. The quantitative estimate of drug-likeness (QED) is 0.750. The minimum atomic E-state index is -0.269. The molecule has 1 fully saturated rings. The van der Waals surface area contributed by atoms with Gasteiger partial charge in [0.05, 0.1) is 23.5 Å². The van der Waals surface area contributed by atoms with E-state index in [0.717, 1.165) is 16.7 Å². The lowest BCUT2D eigenvalue weighted by atomic mass is 10.0. The van der Waals surface area contributed by atoms with Gasteiger partial charge < -0.3 is 9.64 Å². The molecule has 2 unspecified atom stereocenters. The summed E-state index contributed by atoms with van der Waals surface area (Å²) in [4.78, 5) is 30.5. The summed E-state index contributed by atoms with van der Waals surface area (Å²) in [5.74, 6) is -0.531. The Kier molecular flexibility index (Phi) is 5.01. The minimum Gasteiger partial charge on any atom is -0.372 e. The molecule has 4 rings (SSSR count). The fraction of sp³-hybridized carbons (Fsp3) is 0.333. The summed E-state index contributed by atoms with van der Waals surface area (Å²) in [7, 11) is 0. The molecule has 0 saturated carbocycles. The standard InChI is InChI=1S/C24H26N2O3/c1-15-10-11-20(16(2)12-15)26-23(27)21(19-8-6-5-7-9-19)22(24(26)28)25-13-17(3)29-18(4)14-25/h5-12,17-18H,13-14H2,1-4H3. The van der Waals surface area contributed by atoms with Crippen LogP contribution in [-0.4, -0.2) is 42.0 Å². The maximum atomic E-state index is 13.6. The molecule has 5 nitrogen and oxygen atoms in total. The van der Waals surface area contributed by atoms with Gasteiger partial charge in [0.15, 0.2) is 0 Å². The van der Waals surface area contributed by atoms with Crippen molar-refractivity contribution in [3.05, 3.63) is 70.9 Å². The Labute approximate surface area is 171 Å². The zero-order chi connectivity index (χ0) is 20.7. The van der Waals surface area contributed by atoms with Gasteiger partial charge >= 0.3 is 0 Å². The average molecular weight is 390 g/mol. The molecule has 150 valence electrons. The number of amides is 2. The molecule has 5 heteroatoms. The third-order valence-corrected chi connectivity index (χ3v) is 5.45. The number of aryl methyl sites for hydroxylation is 2. The Morgan fingerprint density at radius 2 is 1.55 bits per heavy atom. The fourth-order valence-electron chi connectivity index (χ4n) is 4.31. The van der Waals surface area contributed by atoms with Crippen molar-refractivity contribution < 1.29 is 14.3 Å². The van der Waals surface area contributed by atoms with Crippen LogP contribution in [-0.2, 0) is 14.3 Å². The van der Waals surface area contributed by atoms with Crippen molar-refractivity contribution in [2.24, 2.45) is 0 Å². The van der Waals surface area contributed by atoms with E-state index in [1.165, 1.54) is 4.90 Å². The molecule has 2 aliphatic rings. The van der Waals surface area contributed by atoms with Crippen LogP contribution in [0.25, 0.3) is 5.57 Å². The third kappa shape index (κ3) is 3.47. The number of nitrogens with zero attached hydrogens (tertiary/aromatic N) is 2. The van der Waals surface area contributed by atoms with Crippen molar-refractivity contribution in [3.8, 4) is 0 Å². The van der Waals surface area contributed by atoms with Crippen LogP contribution >= 0.6 is 0 Å². The average Bonchev–Trinajstić information content (AvgIpc) is 2.92. The molecule has 0 N–H and O–H groups in total. The lowest BCUT2D eigenvalue weighted by molar-refractivity contribution is -0.121. The summed E-state index contributed by atoms with van der Waals surface area (Å²) >= 11 is 0. The second kappa shape index (κ2) is 7.48. The van der Waals surface area contributed by atoms with Gasteiger partial charge in [-0.15, -0.1) is 0 Å². The summed E-state index contributed by atoms with van der Waals surface area (Å²) in [5.41, 5.74) is 4.35. The van der Waals surface area contributed by atoms with Crippen LogP contribution in [0.5, 0.6) is 0 Å². The Morgan fingerprint density at radius 3 is 2.17 bits per heavy atom. The highest BCUT2D eigenvalue weighted by atomic mass is 16.5. The molecule has 2 aliphatic heterocycles. The van der Waals surface area contributed by atoms with E-state index in [-0.39, 0.29) is 24.0 Å². The fourth-order valence-corrected chi connectivity index (χ4v) is 4.31. The van der Waals surface area contributed by atoms with Crippen LogP contribution in [0.3, 0.4) is 0 Å².